The Bertz CT molecular complexity index is 1590. The van der Waals surface area contributed by atoms with Gasteiger partial charge in [-0.1, -0.05) is 24.5 Å². The maximum absolute atomic E-state index is 14.9. The van der Waals surface area contributed by atoms with Gasteiger partial charge in [-0.05, 0) is 68.2 Å². The number of amides is 5. The molecule has 10 nitrogen and oxygen atoms in total. The van der Waals surface area contributed by atoms with Gasteiger partial charge in [0.05, 0.1) is 12.7 Å². The number of rotatable bonds is 8. The number of benzene rings is 2. The summed E-state index contributed by atoms with van der Waals surface area (Å²) >= 11 is 0. The quantitative estimate of drug-likeness (QED) is 0.362. The molecule has 0 bridgehead atoms. The molecule has 2 aromatic carbocycles. The Hall–Kier alpha value is -4.98. The first kappa shape index (κ1) is 29.5. The smallest absolute Gasteiger partial charge is 0.257 e. The number of hydrogen-bond donors (Lipinski definition) is 2. The van der Waals surface area contributed by atoms with Crippen LogP contribution in [0.15, 0.2) is 49.1 Å². The second kappa shape index (κ2) is 11.7. The van der Waals surface area contributed by atoms with Gasteiger partial charge in [-0.2, -0.15) is 0 Å². The minimum Gasteiger partial charge on any atom is -0.494 e. The molecule has 1 saturated carbocycles. The Morgan fingerprint density at radius 2 is 1.86 bits per heavy atom. The van der Waals surface area contributed by atoms with Gasteiger partial charge >= 0.3 is 0 Å². The third-order valence-corrected chi connectivity index (χ3v) is 7.77. The molecule has 2 N–H and O–H groups in total. The van der Waals surface area contributed by atoms with Crippen LogP contribution in [0.1, 0.15) is 54.1 Å². The summed E-state index contributed by atoms with van der Waals surface area (Å²) in [5, 5.41) is 5.18. The highest BCUT2D eigenvalue weighted by Gasteiger charge is 2.41. The van der Waals surface area contributed by atoms with Crippen LogP contribution in [0.3, 0.4) is 0 Å². The number of nitrogens with zero attached hydrogens (tertiary/aromatic N) is 2. The molecule has 2 aromatic rings. The van der Waals surface area contributed by atoms with Crippen LogP contribution in [0.4, 0.5) is 10.1 Å². The molecule has 1 aliphatic carbocycles. The Labute approximate surface area is 248 Å². The lowest BCUT2D eigenvalue weighted by atomic mass is 9.88. The van der Waals surface area contributed by atoms with Crippen molar-refractivity contribution in [2.45, 2.75) is 51.2 Å². The highest BCUT2D eigenvalue weighted by molar-refractivity contribution is 6.05. The summed E-state index contributed by atoms with van der Waals surface area (Å²) < 4.78 is 19.9. The van der Waals surface area contributed by atoms with Gasteiger partial charge in [0.2, 0.25) is 23.6 Å². The zero-order chi connectivity index (χ0) is 30.9. The number of halogens is 1. The fourth-order valence-electron chi connectivity index (χ4n) is 5.23. The van der Waals surface area contributed by atoms with Crippen LogP contribution in [0.25, 0.3) is 0 Å². The van der Waals surface area contributed by atoms with Crippen molar-refractivity contribution in [3.05, 3.63) is 71.6 Å². The highest BCUT2D eigenvalue weighted by Crippen LogP contribution is 2.33. The summed E-state index contributed by atoms with van der Waals surface area (Å²) in [6.45, 7) is 4.66. The molecular weight excluding hydrogens is 555 g/mol. The molecule has 43 heavy (non-hydrogen) atoms. The average molecular weight is 587 g/mol. The molecule has 0 radical (unpaired) electrons. The topological polar surface area (TPSA) is 125 Å². The van der Waals surface area contributed by atoms with Crippen LogP contribution in [-0.2, 0) is 25.7 Å². The zero-order valence-electron chi connectivity index (χ0n) is 23.9. The molecule has 0 spiro atoms. The predicted molar refractivity (Wildman–Crippen MR) is 154 cm³/mol. The molecule has 2 aliphatic heterocycles. The van der Waals surface area contributed by atoms with E-state index in [2.05, 4.69) is 29.1 Å². The number of hydrogen-bond acceptors (Lipinski definition) is 6. The fraction of sp³-hybridized carbons (Fsp3) is 0.344. The lowest BCUT2D eigenvalue weighted by molar-refractivity contribution is -0.133. The molecule has 5 amide bonds. The highest BCUT2D eigenvalue weighted by atomic mass is 19.1. The first-order chi connectivity index (χ1) is 20.5. The van der Waals surface area contributed by atoms with Crippen LogP contribution in [0.2, 0.25) is 0 Å². The third-order valence-electron chi connectivity index (χ3n) is 7.77. The third kappa shape index (κ3) is 6.00. The van der Waals surface area contributed by atoms with Crippen molar-refractivity contribution in [2.75, 3.05) is 18.6 Å². The van der Waals surface area contributed by atoms with Gasteiger partial charge in [0, 0.05) is 36.8 Å². The summed E-state index contributed by atoms with van der Waals surface area (Å²) in [6, 6.07) is 9.31. The van der Waals surface area contributed by atoms with E-state index < -0.39 is 35.0 Å². The minimum absolute atomic E-state index is 0.0447. The summed E-state index contributed by atoms with van der Waals surface area (Å²) in [5.41, 5.74) is -0.216. The number of nitrogens with one attached hydrogen (secondary N) is 2. The summed E-state index contributed by atoms with van der Waals surface area (Å²) in [6.07, 6.45) is 3.55. The first-order valence-electron chi connectivity index (χ1n) is 13.9. The van der Waals surface area contributed by atoms with Crippen LogP contribution >= 0.6 is 0 Å². The number of methoxy groups -OCH3 is 1. The van der Waals surface area contributed by atoms with Crippen molar-refractivity contribution < 1.29 is 33.1 Å². The van der Waals surface area contributed by atoms with Crippen molar-refractivity contribution in [3.8, 4) is 17.6 Å². The van der Waals surface area contributed by atoms with E-state index in [9.17, 15) is 28.4 Å². The van der Waals surface area contributed by atoms with E-state index in [4.69, 9.17) is 4.74 Å². The van der Waals surface area contributed by atoms with E-state index >= 15 is 0 Å². The van der Waals surface area contributed by atoms with Crippen molar-refractivity contribution in [1.29, 1.82) is 0 Å². The van der Waals surface area contributed by atoms with Gasteiger partial charge in [-0.3, -0.25) is 34.2 Å². The average Bonchev–Trinajstić information content (AvgIpc) is 3.64. The standard InChI is InChI=1S/C32H31FN4O6/c1-4-25(38)35-31(42)32(2,18-36-17-20-7-13-24(43-3)28(33)27(20)30(36)41)16-15-19-5-10-22(11-6-19)37-23(12-14-26(37)39)29(40)34-21-8-9-21/h4-7,10-11,13,21,23H,1,8-9,12,14,17-18H2,2-3H3,(H,34,40)(H,35,38,42). The number of fused-ring (bicyclic) bond motifs is 1. The molecule has 2 fully saturated rings. The van der Waals surface area contributed by atoms with E-state index in [-0.39, 0.29) is 48.7 Å². The van der Waals surface area contributed by atoms with Gasteiger partial charge < -0.3 is 15.0 Å². The first-order valence-corrected chi connectivity index (χ1v) is 13.9. The molecule has 2 atom stereocenters. The van der Waals surface area contributed by atoms with E-state index in [1.165, 1.54) is 29.9 Å². The molecule has 1 saturated heterocycles. The van der Waals surface area contributed by atoms with Gasteiger partial charge in [-0.15, -0.1) is 0 Å². The van der Waals surface area contributed by atoms with Crippen molar-refractivity contribution in [2.24, 2.45) is 5.41 Å². The maximum atomic E-state index is 14.9. The minimum atomic E-state index is -1.58. The van der Waals surface area contributed by atoms with Crippen molar-refractivity contribution in [3.63, 3.8) is 0 Å². The number of carbonyl (C=O) groups is 5. The lowest BCUT2D eigenvalue weighted by Crippen LogP contribution is -2.47. The number of anilines is 1. The predicted octanol–water partition coefficient (Wildman–Crippen LogP) is 2.45. The Kier molecular flexibility index (Phi) is 8.04. The van der Waals surface area contributed by atoms with E-state index in [0.717, 1.165) is 18.9 Å². The maximum Gasteiger partial charge on any atom is 0.257 e. The van der Waals surface area contributed by atoms with Crippen LogP contribution in [0, 0.1) is 23.1 Å². The number of carbonyl (C=O) groups excluding carboxylic acids is 5. The monoisotopic (exact) mass is 586 g/mol. The fourth-order valence-corrected chi connectivity index (χ4v) is 5.23. The Morgan fingerprint density at radius 3 is 2.51 bits per heavy atom. The normalized spacial score (nSPS) is 18.7. The molecule has 0 aromatic heterocycles. The molecule has 5 rings (SSSR count). The van der Waals surface area contributed by atoms with Gasteiger partial charge in [0.1, 0.15) is 11.5 Å². The van der Waals surface area contributed by atoms with Crippen LogP contribution in [-0.4, -0.2) is 60.2 Å². The second-order valence-electron chi connectivity index (χ2n) is 11.0. The number of ether oxygens (including phenoxy) is 1. The molecule has 11 heteroatoms. The Balaban J connectivity index is 1.38. The summed E-state index contributed by atoms with van der Waals surface area (Å²) in [7, 11) is 1.30. The molecule has 222 valence electrons. The second-order valence-corrected chi connectivity index (χ2v) is 11.0. The van der Waals surface area contributed by atoms with Crippen LogP contribution in [0.5, 0.6) is 5.75 Å². The SMILES string of the molecule is C=CC(=O)NC(=O)C(C)(C#Cc1ccc(N2C(=O)CCC2C(=O)NC2CC2)cc1)CN1Cc2ccc(OC)c(F)c2C1=O. The zero-order valence-corrected chi connectivity index (χ0v) is 23.9. The van der Waals surface area contributed by atoms with Crippen molar-refractivity contribution in [1.82, 2.24) is 15.5 Å². The lowest BCUT2D eigenvalue weighted by Gasteiger charge is -2.28. The van der Waals surface area contributed by atoms with Gasteiger partial charge in [-0.25, -0.2) is 4.39 Å². The van der Waals surface area contributed by atoms with Crippen LogP contribution < -0.4 is 20.3 Å². The van der Waals surface area contributed by atoms with E-state index in [0.29, 0.717) is 23.2 Å². The molecular formula is C32H31FN4O6. The largest absolute Gasteiger partial charge is 0.494 e. The molecule has 2 unspecified atom stereocenters. The van der Waals surface area contributed by atoms with E-state index in [1.807, 2.05) is 0 Å². The van der Waals surface area contributed by atoms with Gasteiger partial charge in [0.25, 0.3) is 5.91 Å². The summed E-state index contributed by atoms with van der Waals surface area (Å²) in [5.74, 6) is 2.57. The van der Waals surface area contributed by atoms with Gasteiger partial charge in [0.15, 0.2) is 11.6 Å². The molecule has 2 heterocycles. The summed E-state index contributed by atoms with van der Waals surface area (Å²) in [4.78, 5) is 66.5. The molecule has 3 aliphatic rings. The van der Waals surface area contributed by atoms with Crippen molar-refractivity contribution >= 4 is 35.2 Å². The number of imide groups is 1. The van der Waals surface area contributed by atoms with E-state index in [1.54, 1.807) is 30.3 Å². The Morgan fingerprint density at radius 1 is 1.14 bits per heavy atom.